The predicted octanol–water partition coefficient (Wildman–Crippen LogP) is 3.80. The summed E-state index contributed by atoms with van der Waals surface area (Å²) < 4.78 is 65.4. The van der Waals surface area contributed by atoms with Gasteiger partial charge in [0.15, 0.2) is 0 Å². The van der Waals surface area contributed by atoms with E-state index in [1.165, 1.54) is 12.1 Å². The molecule has 2 rings (SSSR count). The summed E-state index contributed by atoms with van der Waals surface area (Å²) in [5.41, 5.74) is -1.59. The number of hydrogen-bond donors (Lipinski definition) is 1. The first-order valence-corrected chi connectivity index (χ1v) is 9.35. The first kappa shape index (κ1) is 18.7. The van der Waals surface area contributed by atoms with Gasteiger partial charge in [0.2, 0.25) is 15.2 Å². The van der Waals surface area contributed by atoms with Crippen molar-refractivity contribution in [2.75, 3.05) is 4.72 Å². The second kappa shape index (κ2) is 6.32. The van der Waals surface area contributed by atoms with Crippen molar-refractivity contribution in [3.8, 4) is 0 Å². The van der Waals surface area contributed by atoms with Gasteiger partial charge in [-0.25, -0.2) is 8.42 Å². The molecular weight excluding hydrogens is 363 g/mol. The smallest absolute Gasteiger partial charge is 0.257 e. The summed E-state index contributed by atoms with van der Waals surface area (Å²) in [6.07, 6.45) is -4.62. The lowest BCUT2D eigenvalue weighted by molar-refractivity contribution is -0.138. The molecule has 0 atom stereocenters. The number of alkyl halides is 3. The molecule has 0 radical (unpaired) electrons. The van der Waals surface area contributed by atoms with Crippen molar-refractivity contribution in [2.24, 2.45) is 0 Å². The second-order valence-electron chi connectivity index (χ2n) is 6.18. The maximum atomic E-state index is 12.9. The molecule has 24 heavy (non-hydrogen) atoms. The van der Waals surface area contributed by atoms with Gasteiger partial charge in [-0.15, -0.1) is 10.2 Å². The van der Waals surface area contributed by atoms with Gasteiger partial charge < -0.3 is 0 Å². The van der Waals surface area contributed by atoms with Gasteiger partial charge in [-0.2, -0.15) is 13.2 Å². The van der Waals surface area contributed by atoms with Crippen molar-refractivity contribution >= 4 is 26.5 Å². The number of aromatic nitrogens is 2. The topological polar surface area (TPSA) is 72.0 Å². The quantitative estimate of drug-likeness (QED) is 0.877. The number of benzene rings is 1. The highest BCUT2D eigenvalue weighted by Gasteiger charge is 2.34. The van der Waals surface area contributed by atoms with Crippen LogP contribution in [0.3, 0.4) is 0 Å². The lowest BCUT2D eigenvalue weighted by Crippen LogP contribution is -2.18. The summed E-state index contributed by atoms with van der Waals surface area (Å²) in [6.45, 7) is 5.68. The highest BCUT2D eigenvalue weighted by Crippen LogP contribution is 2.33. The average Bonchev–Trinajstić information content (AvgIpc) is 2.85. The van der Waals surface area contributed by atoms with Crippen LogP contribution in [0.2, 0.25) is 0 Å². The molecule has 0 aliphatic rings. The van der Waals surface area contributed by atoms with Crippen molar-refractivity contribution in [1.29, 1.82) is 0 Å². The molecule has 0 fully saturated rings. The fraction of sp³-hybridized carbons (Fsp3) is 0.429. The van der Waals surface area contributed by atoms with E-state index < -0.39 is 27.5 Å². The Morgan fingerprint density at radius 3 is 2.29 bits per heavy atom. The van der Waals surface area contributed by atoms with Crippen molar-refractivity contribution in [3.63, 3.8) is 0 Å². The molecule has 0 spiro atoms. The Morgan fingerprint density at radius 1 is 1.12 bits per heavy atom. The van der Waals surface area contributed by atoms with Crippen LogP contribution in [0.15, 0.2) is 24.3 Å². The summed E-state index contributed by atoms with van der Waals surface area (Å²) in [4.78, 5) is 0. The zero-order chi connectivity index (χ0) is 18.2. The Hall–Kier alpha value is -1.68. The maximum absolute atomic E-state index is 12.9. The second-order valence-corrected chi connectivity index (χ2v) is 8.88. The molecule has 0 saturated heterocycles. The number of sulfonamides is 1. The standard InChI is InChI=1S/C14H16F3N3O2S2/c1-13(2,3)11-18-19-12(23-11)20-24(21,22)8-9-6-4-5-7-10(9)14(15,16)17/h4-7H,8H2,1-3H3,(H,19,20). The number of nitrogens with one attached hydrogen (secondary N) is 1. The molecule has 1 heterocycles. The minimum Gasteiger partial charge on any atom is -0.257 e. The first-order chi connectivity index (χ1) is 10.9. The molecule has 5 nitrogen and oxygen atoms in total. The van der Waals surface area contributed by atoms with Crippen LogP contribution in [0, 0.1) is 0 Å². The lowest BCUT2D eigenvalue weighted by atomic mass is 9.98. The van der Waals surface area contributed by atoms with Crippen molar-refractivity contribution in [3.05, 3.63) is 40.4 Å². The van der Waals surface area contributed by atoms with E-state index in [2.05, 4.69) is 14.9 Å². The van der Waals surface area contributed by atoms with Crippen molar-refractivity contribution in [1.82, 2.24) is 10.2 Å². The molecule has 132 valence electrons. The third-order valence-corrected chi connectivity index (χ3v) is 5.57. The summed E-state index contributed by atoms with van der Waals surface area (Å²) >= 11 is 1.05. The number of halogens is 3. The SMILES string of the molecule is CC(C)(C)c1nnc(NS(=O)(=O)Cc2ccccc2C(F)(F)F)s1. The molecule has 0 aliphatic heterocycles. The van der Waals surface area contributed by atoms with Crippen LogP contribution in [0.1, 0.15) is 36.9 Å². The fourth-order valence-corrected chi connectivity index (χ4v) is 4.10. The third-order valence-electron chi connectivity index (χ3n) is 2.98. The molecule has 2 aromatic rings. The normalized spacial score (nSPS) is 13.1. The Balaban J connectivity index is 2.23. The fourth-order valence-electron chi connectivity index (χ4n) is 1.86. The molecule has 1 aromatic heterocycles. The maximum Gasteiger partial charge on any atom is 0.416 e. The van der Waals surface area contributed by atoms with Crippen LogP contribution in [0.25, 0.3) is 0 Å². The average molecular weight is 379 g/mol. The van der Waals surface area contributed by atoms with Gasteiger partial charge in [0.25, 0.3) is 0 Å². The number of anilines is 1. The van der Waals surface area contributed by atoms with Crippen LogP contribution in [0.5, 0.6) is 0 Å². The van der Waals surface area contributed by atoms with Gasteiger partial charge >= 0.3 is 6.18 Å². The molecule has 0 unspecified atom stereocenters. The molecular formula is C14H16F3N3O2S2. The summed E-state index contributed by atoms with van der Waals surface area (Å²) in [6, 6.07) is 4.58. The third kappa shape index (κ3) is 4.67. The highest BCUT2D eigenvalue weighted by atomic mass is 32.2. The van der Waals surface area contributed by atoms with Gasteiger partial charge in [-0.1, -0.05) is 50.3 Å². The van der Waals surface area contributed by atoms with Gasteiger partial charge in [0.05, 0.1) is 11.3 Å². The van der Waals surface area contributed by atoms with E-state index in [1.807, 2.05) is 20.8 Å². The largest absolute Gasteiger partial charge is 0.416 e. The van der Waals surface area contributed by atoms with Crippen LogP contribution in [-0.2, 0) is 27.4 Å². The minimum atomic E-state index is -4.62. The van der Waals surface area contributed by atoms with Gasteiger partial charge in [-0.05, 0) is 11.6 Å². The monoisotopic (exact) mass is 379 g/mol. The number of hydrogen-bond acceptors (Lipinski definition) is 5. The zero-order valence-corrected chi connectivity index (χ0v) is 14.8. The number of rotatable bonds is 4. The van der Waals surface area contributed by atoms with Crippen LogP contribution in [0.4, 0.5) is 18.3 Å². The van der Waals surface area contributed by atoms with Crippen LogP contribution in [-0.4, -0.2) is 18.6 Å². The van der Waals surface area contributed by atoms with E-state index >= 15 is 0 Å². The van der Waals surface area contributed by atoms with E-state index in [4.69, 9.17) is 0 Å². The van der Waals surface area contributed by atoms with Crippen LogP contribution >= 0.6 is 11.3 Å². The van der Waals surface area contributed by atoms with Gasteiger partial charge in [0.1, 0.15) is 5.01 Å². The lowest BCUT2D eigenvalue weighted by Gasteiger charge is -2.13. The molecule has 1 N–H and O–H groups in total. The molecule has 0 bridgehead atoms. The van der Waals surface area contributed by atoms with Crippen molar-refractivity contribution < 1.29 is 21.6 Å². The predicted molar refractivity (Wildman–Crippen MR) is 86.3 cm³/mol. The number of nitrogens with zero attached hydrogens (tertiary/aromatic N) is 2. The van der Waals surface area contributed by atoms with E-state index in [0.717, 1.165) is 23.5 Å². The van der Waals surface area contributed by atoms with Crippen molar-refractivity contribution in [2.45, 2.75) is 38.1 Å². The Labute approximate surface area is 142 Å². The summed E-state index contributed by atoms with van der Waals surface area (Å²) in [7, 11) is -4.04. The molecule has 0 saturated carbocycles. The molecule has 10 heteroatoms. The minimum absolute atomic E-state index is 0.0319. The molecule has 0 amide bonds. The highest BCUT2D eigenvalue weighted by molar-refractivity contribution is 7.92. The van der Waals surface area contributed by atoms with E-state index in [1.54, 1.807) is 0 Å². The Kier molecular flexibility index (Phi) is 4.91. The van der Waals surface area contributed by atoms with E-state index in [9.17, 15) is 21.6 Å². The van der Waals surface area contributed by atoms with E-state index in [-0.39, 0.29) is 16.1 Å². The summed E-state index contributed by atoms with van der Waals surface area (Å²) in [5, 5.41) is 8.29. The van der Waals surface area contributed by atoms with E-state index in [0.29, 0.717) is 5.01 Å². The van der Waals surface area contributed by atoms with Crippen LogP contribution < -0.4 is 4.72 Å². The van der Waals surface area contributed by atoms with Gasteiger partial charge in [-0.3, -0.25) is 4.72 Å². The molecule has 0 aliphatic carbocycles. The Bertz CT molecular complexity index is 824. The zero-order valence-electron chi connectivity index (χ0n) is 13.2. The summed E-state index contributed by atoms with van der Waals surface area (Å²) in [5.74, 6) is -0.798. The Morgan fingerprint density at radius 2 is 1.75 bits per heavy atom. The molecule has 1 aromatic carbocycles. The first-order valence-electron chi connectivity index (χ1n) is 6.88. The van der Waals surface area contributed by atoms with Gasteiger partial charge in [0, 0.05) is 5.41 Å².